The van der Waals surface area contributed by atoms with Crippen LogP contribution in [0, 0.1) is 0 Å². The molecule has 8 heteroatoms. The van der Waals surface area contributed by atoms with Gasteiger partial charge in [0.05, 0.1) is 10.8 Å². The molecule has 0 saturated heterocycles. The van der Waals surface area contributed by atoms with Gasteiger partial charge in [-0.2, -0.15) is 0 Å². The summed E-state index contributed by atoms with van der Waals surface area (Å²) in [6.07, 6.45) is 0.645. The van der Waals surface area contributed by atoms with E-state index in [0.29, 0.717) is 12.1 Å². The molecule has 1 unspecified atom stereocenters. The molecule has 26 heavy (non-hydrogen) atoms. The normalized spacial score (nSPS) is 12.1. The van der Waals surface area contributed by atoms with Crippen molar-refractivity contribution in [1.82, 2.24) is 4.72 Å². The molecule has 0 radical (unpaired) electrons. The fourth-order valence-corrected chi connectivity index (χ4v) is 3.60. The van der Waals surface area contributed by atoms with Gasteiger partial charge in [-0.1, -0.05) is 43.3 Å². The van der Waals surface area contributed by atoms with Crippen LogP contribution in [0.15, 0.2) is 59.5 Å². The van der Waals surface area contributed by atoms with Crippen LogP contribution < -0.4 is 15.8 Å². The van der Waals surface area contributed by atoms with Crippen LogP contribution >= 0.6 is 12.4 Å². The second-order valence-corrected chi connectivity index (χ2v) is 7.34. The first-order valence-corrected chi connectivity index (χ1v) is 9.62. The molecule has 2 rings (SSSR count). The van der Waals surface area contributed by atoms with Crippen LogP contribution in [0.4, 0.5) is 5.69 Å². The molecular weight excluding hydrogens is 374 g/mol. The molecule has 0 aromatic heterocycles. The van der Waals surface area contributed by atoms with Crippen molar-refractivity contribution in [1.29, 1.82) is 0 Å². The van der Waals surface area contributed by atoms with E-state index in [1.165, 1.54) is 12.1 Å². The number of anilines is 1. The topological polar surface area (TPSA) is 101 Å². The van der Waals surface area contributed by atoms with Gasteiger partial charge in [0.25, 0.3) is 0 Å². The highest BCUT2D eigenvalue weighted by atomic mass is 35.5. The lowest BCUT2D eigenvalue weighted by Gasteiger charge is -2.16. The minimum absolute atomic E-state index is 0. The number of hydrogen-bond acceptors (Lipinski definition) is 4. The quantitative estimate of drug-likeness (QED) is 0.636. The molecule has 0 saturated carbocycles. The van der Waals surface area contributed by atoms with Crippen molar-refractivity contribution in [2.75, 3.05) is 18.4 Å². The van der Waals surface area contributed by atoms with Crippen molar-refractivity contribution < 1.29 is 13.2 Å². The van der Waals surface area contributed by atoms with Crippen molar-refractivity contribution in [3.8, 4) is 0 Å². The standard InChI is InChI=1S/C18H23N3O3S.ClH/c1-2-17(14-7-4-3-5-8-14)18(22)21-15-9-6-10-16(13-15)25(23,24)20-12-11-19;/h3-10,13,17,20H,2,11-12,19H2,1H3,(H,21,22);1H. The molecule has 6 nitrogen and oxygen atoms in total. The Kier molecular flexibility index (Phi) is 8.74. The lowest BCUT2D eigenvalue weighted by molar-refractivity contribution is -0.117. The smallest absolute Gasteiger partial charge is 0.240 e. The van der Waals surface area contributed by atoms with Gasteiger partial charge in [0.15, 0.2) is 0 Å². The lowest BCUT2D eigenvalue weighted by Crippen LogP contribution is -2.29. The molecule has 0 aliphatic rings. The molecule has 0 heterocycles. The van der Waals surface area contributed by atoms with E-state index in [1.807, 2.05) is 37.3 Å². The highest BCUT2D eigenvalue weighted by Crippen LogP contribution is 2.22. The van der Waals surface area contributed by atoms with Crippen LogP contribution in [0.2, 0.25) is 0 Å². The second kappa shape index (κ2) is 10.3. The van der Waals surface area contributed by atoms with Crippen LogP contribution in [-0.2, 0) is 14.8 Å². The Labute approximate surface area is 160 Å². The Morgan fingerprint density at radius 3 is 2.42 bits per heavy atom. The van der Waals surface area contributed by atoms with Crippen molar-refractivity contribution >= 4 is 34.0 Å². The number of carbonyl (C=O) groups is 1. The Bertz CT molecular complexity index is 813. The summed E-state index contributed by atoms with van der Waals surface area (Å²) >= 11 is 0. The number of carbonyl (C=O) groups excluding carboxylic acids is 1. The van der Waals surface area contributed by atoms with Gasteiger partial charge in [0.1, 0.15) is 0 Å². The van der Waals surface area contributed by atoms with Crippen LogP contribution in [0.25, 0.3) is 0 Å². The molecule has 0 spiro atoms. The maximum absolute atomic E-state index is 12.6. The van der Waals surface area contributed by atoms with Gasteiger partial charge in [-0.25, -0.2) is 13.1 Å². The Hall–Kier alpha value is -1.93. The van der Waals surface area contributed by atoms with Gasteiger partial charge < -0.3 is 11.1 Å². The van der Waals surface area contributed by atoms with E-state index in [2.05, 4.69) is 10.0 Å². The number of benzene rings is 2. The predicted octanol–water partition coefficient (Wildman–Crippen LogP) is 2.48. The zero-order chi connectivity index (χ0) is 18.3. The molecule has 1 amide bonds. The van der Waals surface area contributed by atoms with E-state index < -0.39 is 10.0 Å². The Morgan fingerprint density at radius 1 is 1.12 bits per heavy atom. The number of nitrogens with one attached hydrogen (secondary N) is 2. The summed E-state index contributed by atoms with van der Waals surface area (Å²) in [6, 6.07) is 15.7. The summed E-state index contributed by atoms with van der Waals surface area (Å²) < 4.78 is 26.7. The van der Waals surface area contributed by atoms with Crippen molar-refractivity contribution in [2.45, 2.75) is 24.2 Å². The number of nitrogens with two attached hydrogens (primary N) is 1. The SMILES string of the molecule is CCC(C(=O)Nc1cccc(S(=O)(=O)NCCN)c1)c1ccccc1.Cl. The average molecular weight is 398 g/mol. The summed E-state index contributed by atoms with van der Waals surface area (Å²) in [7, 11) is -3.64. The Morgan fingerprint density at radius 2 is 1.81 bits per heavy atom. The zero-order valence-corrected chi connectivity index (χ0v) is 16.1. The fourth-order valence-electron chi connectivity index (χ4n) is 2.50. The van der Waals surface area contributed by atoms with Gasteiger partial charge in [-0.15, -0.1) is 12.4 Å². The van der Waals surface area contributed by atoms with E-state index in [-0.39, 0.29) is 42.2 Å². The van der Waals surface area contributed by atoms with Gasteiger partial charge in [-0.05, 0) is 30.2 Å². The largest absolute Gasteiger partial charge is 0.329 e. The Balaban J connectivity index is 0.00000338. The molecule has 0 aliphatic heterocycles. The van der Waals surface area contributed by atoms with Gasteiger partial charge in [0, 0.05) is 18.8 Å². The van der Waals surface area contributed by atoms with Crippen molar-refractivity contribution in [2.24, 2.45) is 5.73 Å². The van der Waals surface area contributed by atoms with E-state index in [4.69, 9.17) is 5.73 Å². The molecular formula is C18H24ClN3O3S. The first-order chi connectivity index (χ1) is 12.0. The van der Waals surface area contributed by atoms with Gasteiger partial charge in [-0.3, -0.25) is 4.79 Å². The highest BCUT2D eigenvalue weighted by Gasteiger charge is 2.19. The summed E-state index contributed by atoms with van der Waals surface area (Å²) in [6.45, 7) is 2.31. The minimum Gasteiger partial charge on any atom is -0.329 e. The number of halogens is 1. The van der Waals surface area contributed by atoms with E-state index >= 15 is 0 Å². The van der Waals surface area contributed by atoms with E-state index in [0.717, 1.165) is 5.56 Å². The summed E-state index contributed by atoms with van der Waals surface area (Å²) in [4.78, 5) is 12.7. The average Bonchev–Trinajstić information content (AvgIpc) is 2.62. The maximum Gasteiger partial charge on any atom is 0.240 e. The van der Waals surface area contributed by atoms with Crippen LogP contribution in [0.5, 0.6) is 0 Å². The molecule has 1 atom stereocenters. The third kappa shape index (κ3) is 5.81. The molecule has 142 valence electrons. The predicted molar refractivity (Wildman–Crippen MR) is 106 cm³/mol. The fraction of sp³-hybridized carbons (Fsp3) is 0.278. The second-order valence-electron chi connectivity index (χ2n) is 5.58. The lowest BCUT2D eigenvalue weighted by atomic mass is 9.95. The van der Waals surface area contributed by atoms with Crippen molar-refractivity contribution in [3.63, 3.8) is 0 Å². The summed E-state index contributed by atoms with van der Waals surface area (Å²) in [5, 5.41) is 2.80. The van der Waals surface area contributed by atoms with Crippen LogP contribution in [-0.4, -0.2) is 27.4 Å². The highest BCUT2D eigenvalue weighted by molar-refractivity contribution is 7.89. The number of amides is 1. The first-order valence-electron chi connectivity index (χ1n) is 8.13. The third-order valence-electron chi connectivity index (χ3n) is 3.77. The molecule has 2 aromatic rings. The van der Waals surface area contributed by atoms with Crippen LogP contribution in [0.3, 0.4) is 0 Å². The molecule has 0 fully saturated rings. The van der Waals surface area contributed by atoms with Gasteiger partial charge in [0.2, 0.25) is 15.9 Å². The number of sulfonamides is 1. The van der Waals surface area contributed by atoms with Gasteiger partial charge >= 0.3 is 0 Å². The van der Waals surface area contributed by atoms with Crippen LogP contribution in [0.1, 0.15) is 24.8 Å². The molecule has 0 aliphatic carbocycles. The number of rotatable bonds is 8. The minimum atomic E-state index is -3.64. The third-order valence-corrected chi connectivity index (χ3v) is 5.23. The summed E-state index contributed by atoms with van der Waals surface area (Å²) in [5.41, 5.74) is 6.70. The first kappa shape index (κ1) is 22.1. The van der Waals surface area contributed by atoms with Crippen molar-refractivity contribution in [3.05, 3.63) is 60.2 Å². The molecule has 0 bridgehead atoms. The number of hydrogen-bond donors (Lipinski definition) is 3. The van der Waals surface area contributed by atoms with E-state index in [9.17, 15) is 13.2 Å². The molecule has 2 aromatic carbocycles. The monoisotopic (exact) mass is 397 g/mol. The molecule has 4 N–H and O–H groups in total. The zero-order valence-electron chi connectivity index (χ0n) is 14.5. The summed E-state index contributed by atoms with van der Waals surface area (Å²) in [5.74, 6) is -0.463. The maximum atomic E-state index is 12.6. The van der Waals surface area contributed by atoms with E-state index in [1.54, 1.807) is 12.1 Å².